The summed E-state index contributed by atoms with van der Waals surface area (Å²) in [6.07, 6.45) is 2.46. The van der Waals surface area contributed by atoms with Crippen LogP contribution in [0.5, 0.6) is 0 Å². The number of urea groups is 1. The van der Waals surface area contributed by atoms with Gasteiger partial charge in [0.25, 0.3) is 11.8 Å². The van der Waals surface area contributed by atoms with E-state index in [1.165, 1.54) is 25.4 Å². The van der Waals surface area contributed by atoms with E-state index in [0.29, 0.717) is 26.8 Å². The summed E-state index contributed by atoms with van der Waals surface area (Å²) >= 11 is 0. The maximum absolute atomic E-state index is 13.4. The van der Waals surface area contributed by atoms with Gasteiger partial charge in [0, 0.05) is 17.8 Å². The van der Waals surface area contributed by atoms with E-state index in [4.69, 9.17) is 0 Å². The second kappa shape index (κ2) is 4.82. The summed E-state index contributed by atoms with van der Waals surface area (Å²) < 4.78 is 13.4. The third-order valence-electron chi connectivity index (χ3n) is 3.86. The molecule has 0 aliphatic carbocycles. The van der Waals surface area contributed by atoms with Crippen LogP contribution in [0.4, 0.5) is 9.18 Å². The third kappa shape index (κ3) is 1.94. The van der Waals surface area contributed by atoms with Crippen molar-refractivity contribution in [3.63, 3.8) is 0 Å². The molecule has 0 aromatic carbocycles. The lowest BCUT2D eigenvalue weighted by molar-refractivity contribution is -0.123. The summed E-state index contributed by atoms with van der Waals surface area (Å²) in [6, 6.07) is 2.00. The Morgan fingerprint density at radius 2 is 2.00 bits per heavy atom. The maximum Gasteiger partial charge on any atom is 0.334 e. The number of hydrogen-bond acceptors (Lipinski definition) is 5. The number of pyridine rings is 2. The predicted molar refractivity (Wildman–Crippen MR) is 80.6 cm³/mol. The summed E-state index contributed by atoms with van der Waals surface area (Å²) in [5.41, 5.74) is 0.936. The largest absolute Gasteiger partial charge is 0.338 e. The molecule has 4 rings (SSSR count). The van der Waals surface area contributed by atoms with Crippen LogP contribution in [0.1, 0.15) is 10.5 Å². The molecule has 4 heterocycles. The quantitative estimate of drug-likeness (QED) is 0.536. The number of aromatic amines is 1. The normalized spacial score (nSPS) is 15.1. The summed E-state index contributed by atoms with van der Waals surface area (Å²) in [4.78, 5) is 48.8. The average molecular weight is 327 g/mol. The molecule has 0 bridgehead atoms. The van der Waals surface area contributed by atoms with Gasteiger partial charge in [0.05, 0.1) is 17.9 Å². The van der Waals surface area contributed by atoms with E-state index in [1.54, 1.807) is 0 Å². The first-order valence-corrected chi connectivity index (χ1v) is 7.01. The van der Waals surface area contributed by atoms with Crippen molar-refractivity contribution in [2.45, 2.75) is 0 Å². The molecular weight excluding hydrogens is 317 g/mol. The lowest BCUT2D eigenvalue weighted by Gasteiger charge is -2.11. The highest BCUT2D eigenvalue weighted by atomic mass is 19.1. The van der Waals surface area contributed by atoms with Crippen LogP contribution in [-0.2, 0) is 4.79 Å². The Balaban J connectivity index is 1.84. The van der Waals surface area contributed by atoms with E-state index >= 15 is 0 Å². The first-order chi connectivity index (χ1) is 11.5. The second-order valence-corrected chi connectivity index (χ2v) is 5.46. The molecule has 3 aromatic rings. The van der Waals surface area contributed by atoms with Gasteiger partial charge in [-0.25, -0.2) is 19.2 Å². The molecule has 1 fully saturated rings. The fourth-order valence-electron chi connectivity index (χ4n) is 2.70. The number of fused-ring (bicyclic) bond motifs is 3. The Labute approximate surface area is 133 Å². The Bertz CT molecular complexity index is 1040. The fourth-order valence-corrected chi connectivity index (χ4v) is 2.70. The molecule has 1 aliphatic rings. The topological polar surface area (TPSA) is 99.3 Å². The molecule has 120 valence electrons. The highest BCUT2D eigenvalue weighted by molar-refractivity contribution is 6.20. The van der Waals surface area contributed by atoms with Gasteiger partial charge in [-0.3, -0.25) is 9.59 Å². The summed E-state index contributed by atoms with van der Waals surface area (Å²) in [5, 5.41) is 1.01. The lowest BCUT2D eigenvalue weighted by atomic mass is 10.2. The molecule has 0 radical (unpaired) electrons. The van der Waals surface area contributed by atoms with Gasteiger partial charge in [-0.05, 0) is 12.1 Å². The Morgan fingerprint density at radius 3 is 2.71 bits per heavy atom. The van der Waals surface area contributed by atoms with Crippen molar-refractivity contribution in [2.75, 3.05) is 13.6 Å². The average Bonchev–Trinajstić information content (AvgIpc) is 3.03. The molecule has 3 aromatic heterocycles. The van der Waals surface area contributed by atoms with Gasteiger partial charge < -0.3 is 9.88 Å². The molecule has 1 aliphatic heterocycles. The van der Waals surface area contributed by atoms with Crippen LogP contribution in [0.25, 0.3) is 21.9 Å². The van der Waals surface area contributed by atoms with Gasteiger partial charge in [0.1, 0.15) is 23.7 Å². The van der Waals surface area contributed by atoms with Crippen molar-refractivity contribution in [1.82, 2.24) is 24.8 Å². The molecule has 0 unspecified atom stereocenters. The maximum atomic E-state index is 13.4. The number of amides is 4. The molecule has 0 saturated carbocycles. The number of hydrogen-bond donors (Lipinski definition) is 1. The van der Waals surface area contributed by atoms with Crippen molar-refractivity contribution in [2.24, 2.45) is 0 Å². The minimum absolute atomic E-state index is 0.0790. The summed E-state index contributed by atoms with van der Waals surface area (Å²) in [6.45, 7) is -0.158. The van der Waals surface area contributed by atoms with Gasteiger partial charge in [-0.2, -0.15) is 4.90 Å². The number of H-pyrrole nitrogens is 1. The Hall–Kier alpha value is -3.36. The molecule has 1 saturated heterocycles. The first kappa shape index (κ1) is 14.2. The third-order valence-corrected chi connectivity index (χ3v) is 3.86. The zero-order chi connectivity index (χ0) is 17.0. The number of nitrogens with one attached hydrogen (secondary N) is 1. The smallest absolute Gasteiger partial charge is 0.334 e. The van der Waals surface area contributed by atoms with Crippen molar-refractivity contribution < 1.29 is 18.8 Å². The number of imide groups is 3. The number of rotatable bonds is 1. The van der Waals surface area contributed by atoms with E-state index in [0.717, 1.165) is 11.1 Å². The van der Waals surface area contributed by atoms with E-state index in [1.807, 2.05) is 0 Å². The number of halogens is 1. The highest BCUT2D eigenvalue weighted by Crippen LogP contribution is 2.25. The summed E-state index contributed by atoms with van der Waals surface area (Å²) in [5.74, 6) is -1.93. The van der Waals surface area contributed by atoms with Gasteiger partial charge in [0.2, 0.25) is 0 Å². The highest BCUT2D eigenvalue weighted by Gasteiger charge is 2.39. The number of nitrogens with zero attached hydrogens (tertiary/aromatic N) is 4. The molecule has 4 amide bonds. The zero-order valence-corrected chi connectivity index (χ0v) is 12.4. The molecule has 1 N–H and O–H groups in total. The van der Waals surface area contributed by atoms with E-state index in [-0.39, 0.29) is 12.2 Å². The molecular formula is C15H10FN5O3. The monoisotopic (exact) mass is 327 g/mol. The van der Waals surface area contributed by atoms with Crippen LogP contribution < -0.4 is 0 Å². The second-order valence-electron chi connectivity index (χ2n) is 5.46. The van der Waals surface area contributed by atoms with Crippen molar-refractivity contribution >= 4 is 39.8 Å². The number of carbonyl (C=O) groups excluding carboxylic acids is 3. The van der Waals surface area contributed by atoms with E-state index < -0.39 is 23.7 Å². The van der Waals surface area contributed by atoms with Crippen molar-refractivity contribution in [3.05, 3.63) is 36.0 Å². The zero-order valence-electron chi connectivity index (χ0n) is 12.4. The Kier molecular flexibility index (Phi) is 2.86. The fraction of sp³-hybridized carbons (Fsp3) is 0.133. The molecule has 0 atom stereocenters. The number of carbonyl (C=O) groups is 3. The number of aromatic nitrogens is 3. The minimum Gasteiger partial charge on any atom is -0.338 e. The van der Waals surface area contributed by atoms with Crippen LogP contribution in [-0.4, -0.2) is 56.2 Å². The van der Waals surface area contributed by atoms with Crippen LogP contribution in [0.15, 0.2) is 24.5 Å². The van der Waals surface area contributed by atoms with Gasteiger partial charge in [-0.1, -0.05) is 0 Å². The standard InChI is InChI=1S/C15H10FN5O3/c1-20-6-12(22)21(15(20)24)14(23)10-3-8-9-2-7(16)4-18-13(9)19-11(8)5-17-10/h2-5H,6H2,1H3,(H,18,19). The first-order valence-electron chi connectivity index (χ1n) is 7.01. The van der Waals surface area contributed by atoms with Crippen LogP contribution >= 0.6 is 0 Å². The number of likely N-dealkylation sites (N-methyl/N-ethyl adjacent to an activating group) is 1. The van der Waals surface area contributed by atoms with Crippen molar-refractivity contribution in [3.8, 4) is 0 Å². The van der Waals surface area contributed by atoms with Crippen LogP contribution in [0, 0.1) is 5.82 Å². The van der Waals surface area contributed by atoms with E-state index in [2.05, 4.69) is 15.0 Å². The molecule has 9 heteroatoms. The SMILES string of the molecule is CN1CC(=O)N(C(=O)c2cc3c(cn2)[nH]c2ncc(F)cc23)C1=O. The molecule has 8 nitrogen and oxygen atoms in total. The Morgan fingerprint density at radius 1 is 1.21 bits per heavy atom. The minimum atomic E-state index is -0.810. The predicted octanol–water partition coefficient (Wildman–Crippen LogP) is 1.28. The van der Waals surface area contributed by atoms with Gasteiger partial charge >= 0.3 is 6.03 Å². The van der Waals surface area contributed by atoms with Crippen LogP contribution in [0.2, 0.25) is 0 Å². The van der Waals surface area contributed by atoms with Crippen LogP contribution in [0.3, 0.4) is 0 Å². The molecule has 24 heavy (non-hydrogen) atoms. The van der Waals surface area contributed by atoms with E-state index in [9.17, 15) is 18.8 Å². The van der Waals surface area contributed by atoms with Crippen molar-refractivity contribution in [1.29, 1.82) is 0 Å². The lowest BCUT2D eigenvalue weighted by Crippen LogP contribution is -2.37. The van der Waals surface area contributed by atoms with Gasteiger partial charge in [-0.15, -0.1) is 0 Å². The summed E-state index contributed by atoms with van der Waals surface area (Å²) in [7, 11) is 1.43. The molecule has 0 spiro atoms. The van der Waals surface area contributed by atoms with Gasteiger partial charge in [0.15, 0.2) is 0 Å².